The Morgan fingerprint density at radius 3 is 2.29 bits per heavy atom. The van der Waals surface area contributed by atoms with E-state index >= 15 is 0 Å². The van der Waals surface area contributed by atoms with Gasteiger partial charge in [0.2, 0.25) is 0 Å². The van der Waals surface area contributed by atoms with E-state index in [1.165, 1.54) is 0 Å². The third kappa shape index (κ3) is 3.42. The van der Waals surface area contributed by atoms with Crippen molar-refractivity contribution in [2.75, 3.05) is 0 Å². The minimum Gasteiger partial charge on any atom is -0.254 e. The van der Waals surface area contributed by atoms with E-state index in [0.717, 1.165) is 49.7 Å². The first-order valence-corrected chi connectivity index (χ1v) is 7.43. The summed E-state index contributed by atoms with van der Waals surface area (Å²) in [6.45, 7) is 4.21. The van der Waals surface area contributed by atoms with Crippen LogP contribution in [0.25, 0.3) is 0 Å². The topological polar surface area (TPSA) is 61.8 Å². The summed E-state index contributed by atoms with van der Waals surface area (Å²) in [6.07, 6.45) is 5.67. The average molecular weight is 292 g/mol. The second-order valence-corrected chi connectivity index (χ2v) is 5.14. The number of unbranched alkanes of at least 4 members (excludes halogenated alkanes) is 2. The SMILES string of the molecule is CCCCc1ccc2c(c1CCCC)C(=O)OOOC2=O. The van der Waals surface area contributed by atoms with Crippen LogP contribution in [-0.2, 0) is 27.7 Å². The van der Waals surface area contributed by atoms with E-state index in [0.29, 0.717) is 5.56 Å². The minimum absolute atomic E-state index is 0.212. The lowest BCUT2D eigenvalue weighted by Gasteiger charge is -2.14. The molecule has 0 saturated heterocycles. The van der Waals surface area contributed by atoms with E-state index < -0.39 is 11.9 Å². The summed E-state index contributed by atoms with van der Waals surface area (Å²) >= 11 is 0. The van der Waals surface area contributed by atoms with Gasteiger partial charge in [-0.3, -0.25) is 9.78 Å². The molecule has 0 atom stereocenters. The van der Waals surface area contributed by atoms with Gasteiger partial charge in [0.05, 0.1) is 11.1 Å². The van der Waals surface area contributed by atoms with Gasteiger partial charge in [-0.2, -0.15) is 0 Å². The van der Waals surface area contributed by atoms with Gasteiger partial charge in [-0.05, 0) is 42.9 Å². The molecular formula is C16H20O5. The summed E-state index contributed by atoms with van der Waals surface area (Å²) in [4.78, 5) is 32.8. The average Bonchev–Trinajstić information content (AvgIpc) is 2.63. The van der Waals surface area contributed by atoms with E-state index in [2.05, 4.69) is 28.7 Å². The summed E-state index contributed by atoms with van der Waals surface area (Å²) in [5.74, 6) is -1.36. The highest BCUT2D eigenvalue weighted by molar-refractivity contribution is 6.04. The second-order valence-electron chi connectivity index (χ2n) is 5.14. The molecule has 1 aromatic rings. The van der Waals surface area contributed by atoms with Crippen LogP contribution >= 0.6 is 0 Å². The van der Waals surface area contributed by atoms with Crippen LogP contribution in [0, 0.1) is 0 Å². The largest absolute Gasteiger partial charge is 0.378 e. The molecule has 0 amide bonds. The molecule has 1 aliphatic rings. The fourth-order valence-corrected chi connectivity index (χ4v) is 2.50. The van der Waals surface area contributed by atoms with E-state index in [4.69, 9.17) is 0 Å². The normalized spacial score (nSPS) is 14.2. The monoisotopic (exact) mass is 292 g/mol. The first-order valence-electron chi connectivity index (χ1n) is 7.43. The lowest BCUT2D eigenvalue weighted by Crippen LogP contribution is -2.12. The Bertz CT molecular complexity index is 536. The molecule has 2 rings (SSSR count). The number of rotatable bonds is 6. The second kappa shape index (κ2) is 7.22. The maximum absolute atomic E-state index is 12.1. The van der Waals surface area contributed by atoms with Gasteiger partial charge in [-0.25, -0.2) is 9.59 Å². The quantitative estimate of drug-likeness (QED) is 0.750. The Morgan fingerprint density at radius 1 is 0.905 bits per heavy atom. The molecule has 0 bridgehead atoms. The summed E-state index contributed by atoms with van der Waals surface area (Å²) in [5, 5.41) is 4.18. The molecule has 1 aromatic carbocycles. The van der Waals surface area contributed by atoms with Crippen LogP contribution in [0.2, 0.25) is 0 Å². The molecule has 0 spiro atoms. The third-order valence-electron chi connectivity index (χ3n) is 3.63. The van der Waals surface area contributed by atoms with Gasteiger partial charge in [0.25, 0.3) is 0 Å². The Kier molecular flexibility index (Phi) is 5.33. The van der Waals surface area contributed by atoms with Crippen LogP contribution in [0.3, 0.4) is 0 Å². The summed E-state index contributed by atoms with van der Waals surface area (Å²) in [6, 6.07) is 3.52. The highest BCUT2D eigenvalue weighted by atomic mass is 17.5. The highest BCUT2D eigenvalue weighted by Gasteiger charge is 2.29. The highest BCUT2D eigenvalue weighted by Crippen LogP contribution is 2.26. The zero-order valence-corrected chi connectivity index (χ0v) is 12.4. The van der Waals surface area contributed by atoms with E-state index in [1.54, 1.807) is 6.07 Å². The van der Waals surface area contributed by atoms with Crippen molar-refractivity contribution in [2.24, 2.45) is 0 Å². The van der Waals surface area contributed by atoms with Gasteiger partial charge in [0.15, 0.2) is 0 Å². The van der Waals surface area contributed by atoms with Crippen molar-refractivity contribution in [2.45, 2.75) is 52.4 Å². The Labute approximate surface area is 124 Å². The van der Waals surface area contributed by atoms with Gasteiger partial charge in [0, 0.05) is 5.04 Å². The molecule has 0 saturated carbocycles. The number of benzene rings is 1. The van der Waals surface area contributed by atoms with Crippen molar-refractivity contribution in [1.82, 2.24) is 0 Å². The number of carbonyl (C=O) groups excluding carboxylic acids is 2. The van der Waals surface area contributed by atoms with Crippen molar-refractivity contribution < 1.29 is 24.4 Å². The lowest BCUT2D eigenvalue weighted by molar-refractivity contribution is -0.444. The molecule has 5 heteroatoms. The standard InChI is InChI=1S/C16H20O5/c1-3-5-7-11-9-10-13-14(12(11)8-6-4-2)16(18)20-21-19-15(13)17/h9-10H,3-8H2,1-2H3. The third-order valence-corrected chi connectivity index (χ3v) is 3.63. The Morgan fingerprint density at radius 2 is 1.57 bits per heavy atom. The van der Waals surface area contributed by atoms with Crippen molar-refractivity contribution >= 4 is 11.9 Å². The van der Waals surface area contributed by atoms with Crippen LogP contribution in [0.1, 0.15) is 71.4 Å². The van der Waals surface area contributed by atoms with Gasteiger partial charge >= 0.3 is 11.9 Å². The molecular weight excluding hydrogens is 272 g/mol. The molecule has 1 aliphatic heterocycles. The number of aryl methyl sites for hydroxylation is 1. The molecule has 0 fully saturated rings. The van der Waals surface area contributed by atoms with Gasteiger partial charge in [-0.15, -0.1) is 0 Å². The maximum atomic E-state index is 12.1. The van der Waals surface area contributed by atoms with Crippen molar-refractivity contribution in [3.05, 3.63) is 34.4 Å². The van der Waals surface area contributed by atoms with Crippen LogP contribution < -0.4 is 0 Å². The molecule has 0 aromatic heterocycles. The maximum Gasteiger partial charge on any atom is 0.378 e. The van der Waals surface area contributed by atoms with Gasteiger partial charge in [0.1, 0.15) is 0 Å². The summed E-state index contributed by atoms with van der Waals surface area (Å²) in [7, 11) is 0. The Balaban J connectivity index is 2.50. The number of fused-ring (bicyclic) bond motifs is 1. The molecule has 21 heavy (non-hydrogen) atoms. The number of hydrogen-bond acceptors (Lipinski definition) is 5. The molecule has 5 nitrogen and oxygen atoms in total. The van der Waals surface area contributed by atoms with Gasteiger partial charge in [-0.1, -0.05) is 32.8 Å². The molecule has 114 valence electrons. The number of carbonyl (C=O) groups is 2. The molecule has 0 aliphatic carbocycles. The van der Waals surface area contributed by atoms with Crippen LogP contribution in [0.4, 0.5) is 0 Å². The van der Waals surface area contributed by atoms with E-state index in [-0.39, 0.29) is 5.56 Å². The fraction of sp³-hybridized carbons (Fsp3) is 0.500. The Hall–Kier alpha value is -1.88. The van der Waals surface area contributed by atoms with Crippen LogP contribution in [-0.4, -0.2) is 11.9 Å². The summed E-state index contributed by atoms with van der Waals surface area (Å²) in [5.41, 5.74) is 2.48. The zero-order valence-electron chi connectivity index (χ0n) is 12.4. The van der Waals surface area contributed by atoms with Crippen molar-refractivity contribution in [1.29, 1.82) is 0 Å². The molecule has 0 unspecified atom stereocenters. The van der Waals surface area contributed by atoms with Crippen molar-refractivity contribution in [3.8, 4) is 0 Å². The first kappa shape index (κ1) is 15.5. The lowest BCUT2D eigenvalue weighted by atomic mass is 9.90. The van der Waals surface area contributed by atoms with Crippen LogP contribution in [0.5, 0.6) is 0 Å². The van der Waals surface area contributed by atoms with Crippen LogP contribution in [0.15, 0.2) is 12.1 Å². The van der Waals surface area contributed by atoms with Gasteiger partial charge < -0.3 is 0 Å². The zero-order chi connectivity index (χ0) is 15.2. The van der Waals surface area contributed by atoms with E-state index in [1.807, 2.05) is 6.07 Å². The molecule has 0 radical (unpaired) electrons. The smallest absolute Gasteiger partial charge is 0.254 e. The molecule has 0 N–H and O–H groups in total. The first-order chi connectivity index (χ1) is 10.2. The predicted molar refractivity (Wildman–Crippen MR) is 75.6 cm³/mol. The predicted octanol–water partition coefficient (Wildman–Crippen LogP) is 3.55. The number of hydrogen-bond donors (Lipinski definition) is 0. The molecule has 1 heterocycles. The van der Waals surface area contributed by atoms with Crippen molar-refractivity contribution in [3.63, 3.8) is 0 Å². The summed E-state index contributed by atoms with van der Waals surface area (Å²) < 4.78 is 0. The minimum atomic E-state index is -0.698. The fourth-order valence-electron chi connectivity index (χ4n) is 2.50. The van der Waals surface area contributed by atoms with E-state index in [9.17, 15) is 9.59 Å².